The topological polar surface area (TPSA) is 90.6 Å². The number of benzene rings is 2. The van der Waals surface area contributed by atoms with Crippen LogP contribution in [0.15, 0.2) is 60.7 Å². The van der Waals surface area contributed by atoms with E-state index in [1.54, 1.807) is 29.8 Å². The lowest BCUT2D eigenvalue weighted by molar-refractivity contribution is 0.0946. The van der Waals surface area contributed by atoms with E-state index in [2.05, 4.69) is 20.6 Å². The second-order valence-corrected chi connectivity index (χ2v) is 6.31. The summed E-state index contributed by atoms with van der Waals surface area (Å²) in [6.07, 6.45) is 0. The van der Waals surface area contributed by atoms with Gasteiger partial charge in [0.1, 0.15) is 18.2 Å². The van der Waals surface area contributed by atoms with E-state index in [1.807, 2.05) is 24.3 Å². The van der Waals surface area contributed by atoms with Gasteiger partial charge in [0.2, 0.25) is 5.88 Å². The van der Waals surface area contributed by atoms with E-state index < -0.39 is 5.82 Å². The summed E-state index contributed by atoms with van der Waals surface area (Å²) in [6, 6.07) is 16.3. The molecule has 152 valence electrons. The van der Waals surface area contributed by atoms with Gasteiger partial charge < -0.3 is 14.8 Å². The van der Waals surface area contributed by atoms with Crippen molar-refractivity contribution < 1.29 is 18.7 Å². The van der Waals surface area contributed by atoms with Crippen LogP contribution in [-0.4, -0.2) is 46.0 Å². The molecule has 0 radical (unpaired) electrons. The zero-order valence-corrected chi connectivity index (χ0v) is 16.1. The average Bonchev–Trinajstić information content (AvgIpc) is 3.20. The summed E-state index contributed by atoms with van der Waals surface area (Å²) in [5, 5.41) is 15.4. The third-order valence-electron chi connectivity index (χ3n) is 4.31. The summed E-state index contributed by atoms with van der Waals surface area (Å²) in [5.41, 5.74) is 1.66. The predicted octanol–water partition coefficient (Wildman–Crippen LogP) is 2.75. The van der Waals surface area contributed by atoms with Gasteiger partial charge in [-0.05, 0) is 48.5 Å². The van der Waals surface area contributed by atoms with Gasteiger partial charge >= 0.3 is 0 Å². The lowest BCUT2D eigenvalue weighted by Crippen LogP contribution is -2.28. The standard InChI is InChI=1S/C21H18FN5O3/c1-29-17-7-5-14(6-8-17)20-25-24-18-9-10-19(26-27(18)20)30-12-11-23-21(28)15-3-2-4-16(22)13-15/h2-10,13H,11-12H2,1H3,(H,23,28). The van der Waals surface area contributed by atoms with E-state index >= 15 is 0 Å². The minimum absolute atomic E-state index is 0.194. The van der Waals surface area contributed by atoms with Crippen molar-refractivity contribution >= 4 is 11.6 Å². The summed E-state index contributed by atoms with van der Waals surface area (Å²) < 4.78 is 25.6. The van der Waals surface area contributed by atoms with Crippen molar-refractivity contribution in [3.05, 3.63) is 72.0 Å². The molecule has 0 aliphatic rings. The predicted molar refractivity (Wildman–Crippen MR) is 107 cm³/mol. The second kappa shape index (κ2) is 8.56. The molecular formula is C21H18FN5O3. The molecule has 0 spiro atoms. The average molecular weight is 407 g/mol. The van der Waals surface area contributed by atoms with Gasteiger partial charge in [-0.1, -0.05) is 6.07 Å². The molecule has 0 aliphatic carbocycles. The number of nitrogens with zero attached hydrogens (tertiary/aromatic N) is 4. The van der Waals surface area contributed by atoms with Crippen molar-refractivity contribution in [3.8, 4) is 23.0 Å². The van der Waals surface area contributed by atoms with E-state index in [0.717, 1.165) is 11.3 Å². The third-order valence-corrected chi connectivity index (χ3v) is 4.31. The van der Waals surface area contributed by atoms with E-state index in [0.29, 0.717) is 17.4 Å². The summed E-state index contributed by atoms with van der Waals surface area (Å²) in [6.45, 7) is 0.433. The molecule has 1 amide bonds. The first-order valence-corrected chi connectivity index (χ1v) is 9.17. The molecule has 0 aliphatic heterocycles. The molecule has 30 heavy (non-hydrogen) atoms. The van der Waals surface area contributed by atoms with Gasteiger partial charge in [-0.25, -0.2) is 4.39 Å². The van der Waals surface area contributed by atoms with Crippen molar-refractivity contribution in [2.24, 2.45) is 0 Å². The van der Waals surface area contributed by atoms with E-state index in [1.165, 1.54) is 18.2 Å². The van der Waals surface area contributed by atoms with Crippen LogP contribution >= 0.6 is 0 Å². The number of halogens is 1. The number of rotatable bonds is 7. The lowest BCUT2D eigenvalue weighted by Gasteiger charge is -2.08. The van der Waals surface area contributed by atoms with Crippen molar-refractivity contribution in [1.82, 2.24) is 25.1 Å². The van der Waals surface area contributed by atoms with E-state index in [-0.39, 0.29) is 24.6 Å². The summed E-state index contributed by atoms with van der Waals surface area (Å²) >= 11 is 0. The molecule has 0 atom stereocenters. The maximum Gasteiger partial charge on any atom is 0.251 e. The quantitative estimate of drug-likeness (QED) is 0.474. The Morgan fingerprint density at radius 2 is 1.93 bits per heavy atom. The highest BCUT2D eigenvalue weighted by molar-refractivity contribution is 5.94. The number of aromatic nitrogens is 4. The number of amides is 1. The maximum atomic E-state index is 13.2. The second-order valence-electron chi connectivity index (χ2n) is 6.31. The molecule has 0 bridgehead atoms. The monoisotopic (exact) mass is 407 g/mol. The molecule has 2 heterocycles. The normalized spacial score (nSPS) is 10.7. The highest BCUT2D eigenvalue weighted by atomic mass is 19.1. The first-order chi connectivity index (χ1) is 14.6. The fourth-order valence-corrected chi connectivity index (χ4v) is 2.82. The molecule has 8 nitrogen and oxygen atoms in total. The van der Waals surface area contributed by atoms with Crippen LogP contribution in [0, 0.1) is 5.82 Å². The number of hydrogen-bond acceptors (Lipinski definition) is 6. The Bertz CT molecular complexity index is 1180. The van der Waals surface area contributed by atoms with Crippen LogP contribution in [0.5, 0.6) is 11.6 Å². The van der Waals surface area contributed by atoms with Crippen molar-refractivity contribution in [2.75, 3.05) is 20.3 Å². The van der Waals surface area contributed by atoms with Crippen LogP contribution in [0.3, 0.4) is 0 Å². The van der Waals surface area contributed by atoms with Gasteiger partial charge in [-0.2, -0.15) is 4.52 Å². The van der Waals surface area contributed by atoms with E-state index in [4.69, 9.17) is 9.47 Å². The first kappa shape index (κ1) is 19.3. The molecule has 4 aromatic rings. The van der Waals surface area contributed by atoms with Gasteiger partial charge in [0.15, 0.2) is 11.5 Å². The highest BCUT2D eigenvalue weighted by Crippen LogP contribution is 2.21. The number of carbonyl (C=O) groups is 1. The van der Waals surface area contributed by atoms with E-state index in [9.17, 15) is 9.18 Å². The summed E-state index contributed by atoms with van der Waals surface area (Å²) in [4.78, 5) is 12.0. The minimum atomic E-state index is -0.460. The smallest absolute Gasteiger partial charge is 0.251 e. The van der Waals surface area contributed by atoms with Gasteiger partial charge in [0, 0.05) is 17.2 Å². The first-order valence-electron chi connectivity index (χ1n) is 9.17. The molecule has 2 aromatic carbocycles. The molecule has 0 saturated carbocycles. The van der Waals surface area contributed by atoms with Crippen molar-refractivity contribution in [2.45, 2.75) is 0 Å². The molecule has 0 unspecified atom stereocenters. The van der Waals surface area contributed by atoms with Crippen LogP contribution in [0.4, 0.5) is 4.39 Å². The number of methoxy groups -OCH3 is 1. The Morgan fingerprint density at radius 1 is 1.10 bits per heavy atom. The van der Waals surface area contributed by atoms with Crippen LogP contribution < -0.4 is 14.8 Å². The molecule has 9 heteroatoms. The lowest BCUT2D eigenvalue weighted by atomic mass is 10.2. The third kappa shape index (κ3) is 4.19. The fraction of sp³-hybridized carbons (Fsp3) is 0.143. The number of hydrogen-bond donors (Lipinski definition) is 1. The Labute approximate surface area is 171 Å². The van der Waals surface area contributed by atoms with Crippen LogP contribution in [0.1, 0.15) is 10.4 Å². The Hall–Kier alpha value is -4.01. The highest BCUT2D eigenvalue weighted by Gasteiger charge is 2.11. The molecule has 2 aromatic heterocycles. The molecular weight excluding hydrogens is 389 g/mol. The van der Waals surface area contributed by atoms with Gasteiger partial charge in [-0.3, -0.25) is 4.79 Å². The largest absolute Gasteiger partial charge is 0.497 e. The SMILES string of the molecule is COc1ccc(-c2nnc3ccc(OCCNC(=O)c4cccc(F)c4)nn23)cc1. The van der Waals surface area contributed by atoms with Crippen molar-refractivity contribution in [3.63, 3.8) is 0 Å². The summed E-state index contributed by atoms with van der Waals surface area (Å²) in [7, 11) is 1.60. The van der Waals surface area contributed by atoms with Crippen molar-refractivity contribution in [1.29, 1.82) is 0 Å². The van der Waals surface area contributed by atoms with Gasteiger partial charge in [-0.15, -0.1) is 15.3 Å². The molecule has 0 saturated heterocycles. The number of ether oxygens (including phenoxy) is 2. The van der Waals surface area contributed by atoms with Gasteiger partial charge in [0.25, 0.3) is 5.91 Å². The Kier molecular flexibility index (Phi) is 5.51. The minimum Gasteiger partial charge on any atom is -0.497 e. The van der Waals surface area contributed by atoms with Crippen LogP contribution in [0.2, 0.25) is 0 Å². The van der Waals surface area contributed by atoms with Gasteiger partial charge in [0.05, 0.1) is 13.7 Å². The Balaban J connectivity index is 1.40. The molecule has 1 N–H and O–H groups in total. The van der Waals surface area contributed by atoms with Crippen LogP contribution in [0.25, 0.3) is 17.0 Å². The Morgan fingerprint density at radius 3 is 2.70 bits per heavy atom. The molecule has 4 rings (SSSR count). The molecule has 0 fully saturated rings. The number of nitrogens with one attached hydrogen (secondary N) is 1. The number of fused-ring (bicyclic) bond motifs is 1. The fourth-order valence-electron chi connectivity index (χ4n) is 2.82. The zero-order valence-electron chi connectivity index (χ0n) is 16.1. The van der Waals surface area contributed by atoms with Crippen LogP contribution in [-0.2, 0) is 0 Å². The zero-order chi connectivity index (χ0) is 20.9. The number of carbonyl (C=O) groups excluding carboxylic acids is 1. The summed E-state index contributed by atoms with van der Waals surface area (Å²) in [5.74, 6) is 0.833. The maximum absolute atomic E-state index is 13.2.